The van der Waals surface area contributed by atoms with Crippen LogP contribution in [0.25, 0.3) is 0 Å². The smallest absolute Gasteiger partial charge is 0.123 e. The lowest BCUT2D eigenvalue weighted by Gasteiger charge is -2.46. The van der Waals surface area contributed by atoms with Crippen molar-refractivity contribution in [2.45, 2.75) is 51.6 Å². The average molecular weight is 280 g/mol. The largest absolute Gasteiger partial charge is 0.308 e. The Hall–Kier alpha value is -0.930. The van der Waals surface area contributed by atoms with E-state index in [9.17, 15) is 4.39 Å². The molecule has 0 spiro atoms. The van der Waals surface area contributed by atoms with Crippen LogP contribution in [0.15, 0.2) is 24.3 Å². The number of hydrogen-bond acceptors (Lipinski definition) is 2. The minimum absolute atomic E-state index is 0.0486. The van der Waals surface area contributed by atoms with Crippen molar-refractivity contribution in [1.29, 1.82) is 0 Å². The van der Waals surface area contributed by atoms with E-state index in [2.05, 4.69) is 45.1 Å². The van der Waals surface area contributed by atoms with Crippen molar-refractivity contribution in [1.82, 2.24) is 10.2 Å². The quantitative estimate of drug-likeness (QED) is 0.774. The zero-order valence-electron chi connectivity index (χ0n) is 13.5. The summed E-state index contributed by atoms with van der Waals surface area (Å²) in [4.78, 5) is 2.31. The van der Waals surface area contributed by atoms with Crippen LogP contribution in [0.4, 0.5) is 4.39 Å². The molecule has 0 saturated carbocycles. The minimum Gasteiger partial charge on any atom is -0.308 e. The van der Waals surface area contributed by atoms with Gasteiger partial charge in [0, 0.05) is 5.54 Å². The monoisotopic (exact) mass is 280 g/mol. The Bertz CT molecular complexity index is 382. The maximum Gasteiger partial charge on any atom is 0.123 e. The second-order valence-electron chi connectivity index (χ2n) is 5.64. The van der Waals surface area contributed by atoms with Gasteiger partial charge in [0.2, 0.25) is 0 Å². The van der Waals surface area contributed by atoms with Crippen LogP contribution in [0.3, 0.4) is 0 Å². The Morgan fingerprint density at radius 2 is 1.65 bits per heavy atom. The van der Waals surface area contributed by atoms with Crippen LogP contribution < -0.4 is 5.32 Å². The van der Waals surface area contributed by atoms with E-state index in [1.807, 2.05) is 12.1 Å². The predicted octanol–water partition coefficient (Wildman–Crippen LogP) is 3.99. The van der Waals surface area contributed by atoms with E-state index >= 15 is 0 Å². The fourth-order valence-corrected chi connectivity index (χ4v) is 3.11. The Balaban J connectivity index is 3.18. The van der Waals surface area contributed by atoms with Crippen molar-refractivity contribution < 1.29 is 4.39 Å². The maximum atomic E-state index is 13.2. The summed E-state index contributed by atoms with van der Waals surface area (Å²) < 4.78 is 13.2. The molecule has 0 aliphatic carbocycles. The van der Waals surface area contributed by atoms with Crippen LogP contribution in [0.2, 0.25) is 0 Å². The third kappa shape index (κ3) is 3.58. The Morgan fingerprint density at radius 1 is 1.10 bits per heavy atom. The van der Waals surface area contributed by atoms with Crippen LogP contribution in [0.5, 0.6) is 0 Å². The molecule has 0 aliphatic heterocycles. The highest BCUT2D eigenvalue weighted by molar-refractivity contribution is 5.24. The van der Waals surface area contributed by atoms with Crippen LogP contribution in [0, 0.1) is 5.82 Å². The Kier molecular flexibility index (Phi) is 6.63. The molecule has 3 heteroatoms. The first-order valence-electron chi connectivity index (χ1n) is 7.68. The summed E-state index contributed by atoms with van der Waals surface area (Å²) in [5.74, 6) is -0.175. The first-order valence-corrected chi connectivity index (χ1v) is 7.68. The maximum absolute atomic E-state index is 13.2. The fraction of sp³-hybridized carbons (Fsp3) is 0.647. The molecule has 0 amide bonds. The van der Waals surface area contributed by atoms with Crippen molar-refractivity contribution in [3.8, 4) is 0 Å². The first-order chi connectivity index (χ1) is 9.51. The molecular weight excluding hydrogens is 251 g/mol. The number of hydrogen-bond donors (Lipinski definition) is 1. The molecule has 1 aromatic carbocycles. The fourth-order valence-electron chi connectivity index (χ4n) is 3.11. The van der Waals surface area contributed by atoms with E-state index in [0.29, 0.717) is 0 Å². The number of nitrogens with one attached hydrogen (secondary N) is 1. The predicted molar refractivity (Wildman–Crippen MR) is 84.4 cm³/mol. The average Bonchev–Trinajstić information content (AvgIpc) is 2.44. The van der Waals surface area contributed by atoms with Gasteiger partial charge >= 0.3 is 0 Å². The summed E-state index contributed by atoms with van der Waals surface area (Å²) in [5, 5.41) is 3.67. The van der Waals surface area contributed by atoms with Crippen molar-refractivity contribution in [2.24, 2.45) is 0 Å². The molecule has 1 aromatic rings. The van der Waals surface area contributed by atoms with Crippen molar-refractivity contribution in [2.75, 3.05) is 20.6 Å². The van der Waals surface area contributed by atoms with Gasteiger partial charge < -0.3 is 10.2 Å². The molecule has 0 saturated heterocycles. The number of likely N-dealkylation sites (N-methyl/N-ethyl adjacent to an activating group) is 1. The molecule has 114 valence electrons. The van der Waals surface area contributed by atoms with Gasteiger partial charge in [-0.1, -0.05) is 32.9 Å². The summed E-state index contributed by atoms with van der Waals surface area (Å²) in [6.45, 7) is 7.60. The number of halogens is 1. The zero-order valence-corrected chi connectivity index (χ0v) is 13.5. The Morgan fingerprint density at radius 3 is 2.05 bits per heavy atom. The normalized spacial score (nSPS) is 13.8. The molecule has 1 atom stereocenters. The van der Waals surface area contributed by atoms with E-state index in [0.717, 1.165) is 31.4 Å². The van der Waals surface area contributed by atoms with Gasteiger partial charge in [-0.2, -0.15) is 0 Å². The molecule has 0 fully saturated rings. The van der Waals surface area contributed by atoms with Gasteiger partial charge in [0.15, 0.2) is 0 Å². The second-order valence-corrected chi connectivity index (χ2v) is 5.64. The Labute approximate surface area is 123 Å². The van der Waals surface area contributed by atoms with Crippen LogP contribution >= 0.6 is 0 Å². The molecule has 0 aromatic heterocycles. The minimum atomic E-state index is -0.175. The molecule has 1 unspecified atom stereocenters. The summed E-state index contributed by atoms with van der Waals surface area (Å²) >= 11 is 0. The van der Waals surface area contributed by atoms with Gasteiger partial charge in [0.1, 0.15) is 5.82 Å². The third-order valence-corrected chi connectivity index (χ3v) is 4.45. The summed E-state index contributed by atoms with van der Waals surface area (Å²) in [5.41, 5.74) is 1.21. The zero-order chi connectivity index (χ0) is 15.2. The first kappa shape index (κ1) is 17.1. The lowest BCUT2D eigenvalue weighted by Crippen LogP contribution is -2.53. The SMILES string of the molecule is CCCNC(c1ccc(F)cc1)C(CC)(CC)N(C)C. The van der Waals surface area contributed by atoms with Gasteiger partial charge in [-0.3, -0.25) is 0 Å². The van der Waals surface area contributed by atoms with E-state index in [1.54, 1.807) is 12.1 Å². The molecule has 2 nitrogen and oxygen atoms in total. The standard InChI is InChI=1S/C17H29FN2/c1-6-13-19-16(14-9-11-15(18)12-10-14)17(7-2,8-3)20(4)5/h9-12,16,19H,6-8,13H2,1-5H3. The molecule has 0 aliphatic rings. The van der Waals surface area contributed by atoms with Crippen LogP contribution in [-0.4, -0.2) is 31.1 Å². The van der Waals surface area contributed by atoms with Crippen molar-refractivity contribution >= 4 is 0 Å². The molecule has 0 heterocycles. The highest BCUT2D eigenvalue weighted by atomic mass is 19.1. The summed E-state index contributed by atoms with van der Waals surface area (Å²) in [6.07, 6.45) is 3.19. The van der Waals surface area contributed by atoms with E-state index in [1.165, 1.54) is 0 Å². The number of nitrogens with zero attached hydrogens (tertiary/aromatic N) is 1. The van der Waals surface area contributed by atoms with Crippen LogP contribution in [-0.2, 0) is 0 Å². The highest BCUT2D eigenvalue weighted by Gasteiger charge is 2.38. The van der Waals surface area contributed by atoms with Gasteiger partial charge in [-0.25, -0.2) is 4.39 Å². The lowest BCUT2D eigenvalue weighted by atomic mass is 9.79. The van der Waals surface area contributed by atoms with E-state index in [4.69, 9.17) is 0 Å². The number of benzene rings is 1. The lowest BCUT2D eigenvalue weighted by molar-refractivity contribution is 0.0881. The second kappa shape index (κ2) is 7.75. The van der Waals surface area contributed by atoms with E-state index in [-0.39, 0.29) is 17.4 Å². The highest BCUT2D eigenvalue weighted by Crippen LogP contribution is 2.36. The van der Waals surface area contributed by atoms with Gasteiger partial charge in [-0.15, -0.1) is 0 Å². The van der Waals surface area contributed by atoms with Gasteiger partial charge in [0.25, 0.3) is 0 Å². The molecule has 0 radical (unpaired) electrons. The molecule has 0 bridgehead atoms. The molecular formula is C17H29FN2. The summed E-state index contributed by atoms with van der Waals surface area (Å²) in [7, 11) is 4.27. The molecule has 1 N–H and O–H groups in total. The van der Waals surface area contributed by atoms with Crippen molar-refractivity contribution in [3.05, 3.63) is 35.6 Å². The van der Waals surface area contributed by atoms with Crippen LogP contribution in [0.1, 0.15) is 51.6 Å². The molecule has 1 rings (SSSR count). The third-order valence-electron chi connectivity index (χ3n) is 4.45. The van der Waals surface area contributed by atoms with Gasteiger partial charge in [-0.05, 0) is 57.6 Å². The number of rotatable bonds is 8. The van der Waals surface area contributed by atoms with Crippen molar-refractivity contribution in [3.63, 3.8) is 0 Å². The topological polar surface area (TPSA) is 15.3 Å². The van der Waals surface area contributed by atoms with Gasteiger partial charge in [0.05, 0.1) is 6.04 Å². The molecule has 20 heavy (non-hydrogen) atoms. The summed E-state index contributed by atoms with van der Waals surface area (Å²) in [6, 6.07) is 7.15. The van der Waals surface area contributed by atoms with E-state index < -0.39 is 0 Å².